The monoisotopic (exact) mass is 294 g/mol. The summed E-state index contributed by atoms with van der Waals surface area (Å²) in [6.45, 7) is 0.0769. The Balaban J connectivity index is 2.18. The summed E-state index contributed by atoms with van der Waals surface area (Å²) in [7, 11) is 3.85. The number of benzene rings is 2. The van der Waals surface area contributed by atoms with E-state index in [1.807, 2.05) is 31.1 Å². The van der Waals surface area contributed by atoms with E-state index in [0.717, 1.165) is 5.69 Å². The van der Waals surface area contributed by atoms with Crippen LogP contribution < -0.4 is 15.4 Å². The number of hydrogen-bond donors (Lipinski definition) is 1. The lowest BCUT2D eigenvalue weighted by molar-refractivity contribution is 0.301. The van der Waals surface area contributed by atoms with Crippen molar-refractivity contribution in [3.8, 4) is 5.75 Å². The fourth-order valence-electron chi connectivity index (χ4n) is 1.74. The lowest BCUT2D eigenvalue weighted by atomic mass is 10.2. The van der Waals surface area contributed by atoms with Crippen LogP contribution in [-0.2, 0) is 6.61 Å². The van der Waals surface area contributed by atoms with Crippen molar-refractivity contribution >= 4 is 23.0 Å². The van der Waals surface area contributed by atoms with Gasteiger partial charge < -0.3 is 15.4 Å². The van der Waals surface area contributed by atoms with Crippen LogP contribution in [0.25, 0.3) is 0 Å². The van der Waals surface area contributed by atoms with Crippen molar-refractivity contribution in [2.45, 2.75) is 6.61 Å². The molecule has 106 valence electrons. The fraction of sp³-hybridized carbons (Fsp3) is 0.200. The van der Waals surface area contributed by atoms with E-state index in [0.29, 0.717) is 17.0 Å². The Labute approximate surface area is 122 Å². The van der Waals surface area contributed by atoms with Crippen molar-refractivity contribution in [2.24, 2.45) is 0 Å². The molecule has 0 radical (unpaired) electrons. The zero-order chi connectivity index (χ0) is 14.7. The van der Waals surface area contributed by atoms with Crippen LogP contribution in [-0.4, -0.2) is 14.1 Å². The number of rotatable bonds is 4. The number of nitrogen functional groups attached to an aromatic ring is 1. The first-order chi connectivity index (χ1) is 9.49. The van der Waals surface area contributed by atoms with Gasteiger partial charge in [-0.05, 0) is 18.2 Å². The number of halogens is 2. The van der Waals surface area contributed by atoms with Crippen molar-refractivity contribution in [2.75, 3.05) is 24.7 Å². The second-order valence-electron chi connectivity index (χ2n) is 4.62. The molecule has 2 aromatic rings. The van der Waals surface area contributed by atoms with Gasteiger partial charge in [-0.2, -0.15) is 0 Å². The van der Waals surface area contributed by atoms with Gasteiger partial charge in [-0.3, -0.25) is 0 Å². The summed E-state index contributed by atoms with van der Waals surface area (Å²) in [5, 5.41) is 0.0844. The van der Waals surface area contributed by atoms with Crippen molar-refractivity contribution in [3.63, 3.8) is 0 Å². The molecule has 0 aliphatic rings. The highest BCUT2D eigenvalue weighted by Gasteiger charge is 2.09. The second kappa shape index (κ2) is 6.01. The molecular formula is C15H16ClFN2O. The summed E-state index contributed by atoms with van der Waals surface area (Å²) in [5.41, 5.74) is 7.72. The van der Waals surface area contributed by atoms with Gasteiger partial charge in [0, 0.05) is 31.4 Å². The normalized spacial score (nSPS) is 10.4. The third kappa shape index (κ3) is 3.14. The first kappa shape index (κ1) is 14.5. The molecule has 0 fully saturated rings. The van der Waals surface area contributed by atoms with E-state index in [1.165, 1.54) is 6.07 Å². The van der Waals surface area contributed by atoms with Crippen molar-refractivity contribution in [3.05, 3.63) is 52.8 Å². The molecule has 2 aromatic carbocycles. The average Bonchev–Trinajstić information content (AvgIpc) is 2.41. The van der Waals surface area contributed by atoms with Gasteiger partial charge in [-0.15, -0.1) is 0 Å². The topological polar surface area (TPSA) is 38.5 Å². The number of ether oxygens (including phenoxy) is 1. The van der Waals surface area contributed by atoms with Crippen molar-refractivity contribution in [1.29, 1.82) is 0 Å². The maximum Gasteiger partial charge on any atom is 0.148 e. The molecule has 0 saturated heterocycles. The molecule has 0 atom stereocenters. The molecule has 0 aliphatic carbocycles. The number of nitrogens with zero attached hydrogens (tertiary/aromatic N) is 1. The molecule has 0 saturated carbocycles. The summed E-state index contributed by atoms with van der Waals surface area (Å²) in [5.74, 6) is 0.0621. The highest BCUT2D eigenvalue weighted by molar-refractivity contribution is 6.30. The van der Waals surface area contributed by atoms with E-state index in [9.17, 15) is 4.39 Å². The zero-order valence-electron chi connectivity index (χ0n) is 11.4. The van der Waals surface area contributed by atoms with Crippen LogP contribution in [0.2, 0.25) is 5.02 Å². The molecule has 0 spiro atoms. The van der Waals surface area contributed by atoms with Gasteiger partial charge in [0.2, 0.25) is 0 Å². The predicted molar refractivity (Wildman–Crippen MR) is 80.9 cm³/mol. The highest BCUT2D eigenvalue weighted by atomic mass is 35.5. The van der Waals surface area contributed by atoms with Crippen molar-refractivity contribution in [1.82, 2.24) is 0 Å². The summed E-state index contributed by atoms with van der Waals surface area (Å²) in [6.07, 6.45) is 0. The average molecular weight is 295 g/mol. The molecule has 2 N–H and O–H groups in total. The molecular weight excluding hydrogens is 279 g/mol. The molecule has 5 heteroatoms. The van der Waals surface area contributed by atoms with Gasteiger partial charge in [-0.1, -0.05) is 23.7 Å². The van der Waals surface area contributed by atoms with Gasteiger partial charge in [0.15, 0.2) is 0 Å². The minimum absolute atomic E-state index is 0.0769. The molecule has 20 heavy (non-hydrogen) atoms. The molecule has 3 nitrogen and oxygen atoms in total. The highest BCUT2D eigenvalue weighted by Crippen LogP contribution is 2.28. The van der Waals surface area contributed by atoms with Gasteiger partial charge >= 0.3 is 0 Å². The van der Waals surface area contributed by atoms with Crippen LogP contribution in [0.4, 0.5) is 15.8 Å². The number of hydrogen-bond acceptors (Lipinski definition) is 3. The predicted octanol–water partition coefficient (Wildman–Crippen LogP) is 3.71. The smallest absolute Gasteiger partial charge is 0.148 e. The van der Waals surface area contributed by atoms with E-state index >= 15 is 0 Å². The van der Waals surface area contributed by atoms with Crippen LogP contribution in [0, 0.1) is 5.82 Å². The summed E-state index contributed by atoms with van der Waals surface area (Å²) in [4.78, 5) is 1.94. The molecule has 0 unspecified atom stereocenters. The molecule has 0 amide bonds. The number of nitrogens with two attached hydrogens (primary N) is 1. The van der Waals surface area contributed by atoms with E-state index in [2.05, 4.69) is 0 Å². The second-order valence-corrected chi connectivity index (χ2v) is 5.03. The van der Waals surface area contributed by atoms with Gasteiger partial charge in [-0.25, -0.2) is 4.39 Å². The summed E-state index contributed by atoms with van der Waals surface area (Å²) >= 11 is 5.73. The minimum Gasteiger partial charge on any atom is -0.487 e. The fourth-order valence-corrected chi connectivity index (χ4v) is 1.94. The van der Waals surface area contributed by atoms with E-state index in [-0.39, 0.29) is 11.6 Å². The molecule has 0 bridgehead atoms. The SMILES string of the molecule is CN(C)c1ccc(N)c(OCc2cccc(Cl)c2F)c1. The maximum atomic E-state index is 13.8. The molecule has 0 aliphatic heterocycles. The standard InChI is InChI=1S/C15H16ClFN2O/c1-19(2)11-6-7-13(18)14(8-11)20-9-10-4-3-5-12(16)15(10)17/h3-8H,9,18H2,1-2H3. The van der Waals surface area contributed by atoms with Crippen LogP contribution in [0.1, 0.15) is 5.56 Å². The third-order valence-electron chi connectivity index (χ3n) is 2.93. The Morgan fingerprint density at radius 1 is 1.25 bits per heavy atom. The van der Waals surface area contributed by atoms with Gasteiger partial charge in [0.05, 0.1) is 10.7 Å². The first-order valence-corrected chi connectivity index (χ1v) is 6.49. The minimum atomic E-state index is -0.462. The van der Waals surface area contributed by atoms with E-state index < -0.39 is 5.82 Å². The molecule has 2 rings (SSSR count). The molecule has 0 heterocycles. The first-order valence-electron chi connectivity index (χ1n) is 6.11. The molecule has 0 aromatic heterocycles. The van der Waals surface area contributed by atoms with Gasteiger partial charge in [0.1, 0.15) is 18.2 Å². The van der Waals surface area contributed by atoms with Crippen LogP contribution in [0.3, 0.4) is 0 Å². The summed E-state index contributed by atoms with van der Waals surface area (Å²) in [6, 6.07) is 10.3. The van der Waals surface area contributed by atoms with E-state index in [1.54, 1.807) is 18.2 Å². The lowest BCUT2D eigenvalue weighted by Gasteiger charge is -2.16. The van der Waals surface area contributed by atoms with Crippen LogP contribution >= 0.6 is 11.6 Å². The Bertz CT molecular complexity index is 617. The van der Waals surface area contributed by atoms with Crippen molar-refractivity contribution < 1.29 is 9.13 Å². The third-order valence-corrected chi connectivity index (χ3v) is 3.22. The Hall–Kier alpha value is -1.94. The van der Waals surface area contributed by atoms with Gasteiger partial charge in [0.25, 0.3) is 0 Å². The Kier molecular flexibility index (Phi) is 4.35. The largest absolute Gasteiger partial charge is 0.487 e. The Morgan fingerprint density at radius 2 is 2.00 bits per heavy atom. The van der Waals surface area contributed by atoms with Crippen LogP contribution in [0.15, 0.2) is 36.4 Å². The summed E-state index contributed by atoms with van der Waals surface area (Å²) < 4.78 is 19.4. The van der Waals surface area contributed by atoms with E-state index in [4.69, 9.17) is 22.1 Å². The lowest BCUT2D eigenvalue weighted by Crippen LogP contribution is -2.09. The van der Waals surface area contributed by atoms with Crippen LogP contribution in [0.5, 0.6) is 5.75 Å². The zero-order valence-corrected chi connectivity index (χ0v) is 12.1. The number of anilines is 2. The quantitative estimate of drug-likeness (QED) is 0.874. The maximum absolute atomic E-state index is 13.8. The Morgan fingerprint density at radius 3 is 2.70 bits per heavy atom.